The minimum absolute atomic E-state index is 0.802. The van der Waals surface area contributed by atoms with Crippen LogP contribution in [0.1, 0.15) is 15.2 Å². The molecule has 0 unspecified atom stereocenters. The SMILES string of the molecule is CSc1c(C)sc2c(C=O)cccc12. The van der Waals surface area contributed by atoms with E-state index in [4.69, 9.17) is 0 Å². The highest BCUT2D eigenvalue weighted by atomic mass is 32.2. The van der Waals surface area contributed by atoms with Crippen LogP contribution in [0.3, 0.4) is 0 Å². The van der Waals surface area contributed by atoms with E-state index in [0.717, 1.165) is 16.5 Å². The standard InChI is InChI=1S/C11H10OS2/c1-7-10(13-2)9-5-3-4-8(6-12)11(9)14-7/h3-6H,1-2H3. The number of hydrogen-bond acceptors (Lipinski definition) is 3. The Morgan fingerprint density at radius 2 is 2.21 bits per heavy atom. The molecule has 0 radical (unpaired) electrons. The summed E-state index contributed by atoms with van der Waals surface area (Å²) in [7, 11) is 0. The van der Waals surface area contributed by atoms with Gasteiger partial charge in [0.15, 0.2) is 6.29 Å². The number of hydrogen-bond donors (Lipinski definition) is 0. The predicted octanol–water partition coefficient (Wildman–Crippen LogP) is 3.74. The van der Waals surface area contributed by atoms with Gasteiger partial charge in [0.1, 0.15) is 0 Å². The molecule has 3 heteroatoms. The van der Waals surface area contributed by atoms with Crippen LogP contribution >= 0.6 is 23.1 Å². The molecule has 14 heavy (non-hydrogen) atoms. The summed E-state index contributed by atoms with van der Waals surface area (Å²) < 4.78 is 1.12. The lowest BCUT2D eigenvalue weighted by atomic mass is 10.2. The van der Waals surface area contributed by atoms with Gasteiger partial charge < -0.3 is 0 Å². The fourth-order valence-electron chi connectivity index (χ4n) is 1.58. The van der Waals surface area contributed by atoms with Gasteiger partial charge in [0.25, 0.3) is 0 Å². The van der Waals surface area contributed by atoms with E-state index in [2.05, 4.69) is 19.2 Å². The summed E-state index contributed by atoms with van der Waals surface area (Å²) in [6, 6.07) is 5.89. The fraction of sp³-hybridized carbons (Fsp3) is 0.182. The monoisotopic (exact) mass is 222 g/mol. The van der Waals surface area contributed by atoms with Crippen molar-refractivity contribution < 1.29 is 4.79 Å². The van der Waals surface area contributed by atoms with Crippen LogP contribution < -0.4 is 0 Å². The molecule has 1 nitrogen and oxygen atoms in total. The summed E-state index contributed by atoms with van der Waals surface area (Å²) in [6.45, 7) is 2.10. The number of aldehydes is 1. The lowest BCUT2D eigenvalue weighted by Gasteiger charge is -1.95. The number of benzene rings is 1. The first-order chi connectivity index (χ1) is 6.77. The molecule has 1 aromatic carbocycles. The Morgan fingerprint density at radius 1 is 1.43 bits per heavy atom. The van der Waals surface area contributed by atoms with Crippen LogP contribution in [-0.2, 0) is 0 Å². The van der Waals surface area contributed by atoms with Crippen LogP contribution in [0.5, 0.6) is 0 Å². The first-order valence-electron chi connectivity index (χ1n) is 4.29. The van der Waals surface area contributed by atoms with Gasteiger partial charge in [-0.05, 0) is 13.2 Å². The topological polar surface area (TPSA) is 17.1 Å². The smallest absolute Gasteiger partial charge is 0.151 e. The summed E-state index contributed by atoms with van der Waals surface area (Å²) in [6.07, 6.45) is 3.00. The van der Waals surface area contributed by atoms with Crippen molar-refractivity contribution in [3.63, 3.8) is 0 Å². The zero-order valence-electron chi connectivity index (χ0n) is 8.03. The molecule has 0 saturated heterocycles. The van der Waals surface area contributed by atoms with Crippen LogP contribution in [0, 0.1) is 6.92 Å². The van der Waals surface area contributed by atoms with Gasteiger partial charge in [-0.1, -0.05) is 18.2 Å². The van der Waals surface area contributed by atoms with E-state index >= 15 is 0 Å². The maximum Gasteiger partial charge on any atom is 0.151 e. The van der Waals surface area contributed by atoms with Gasteiger partial charge in [0, 0.05) is 25.4 Å². The van der Waals surface area contributed by atoms with Crippen molar-refractivity contribution in [2.75, 3.05) is 6.26 Å². The molecular formula is C11H10OS2. The molecule has 0 aliphatic rings. The summed E-state index contributed by atoms with van der Waals surface area (Å²) >= 11 is 3.45. The van der Waals surface area contributed by atoms with Crippen molar-refractivity contribution in [1.29, 1.82) is 0 Å². The van der Waals surface area contributed by atoms with Crippen molar-refractivity contribution in [1.82, 2.24) is 0 Å². The minimum Gasteiger partial charge on any atom is -0.298 e. The number of thiophene rings is 1. The van der Waals surface area contributed by atoms with Gasteiger partial charge in [0.2, 0.25) is 0 Å². The summed E-state index contributed by atoms with van der Waals surface area (Å²) in [5.74, 6) is 0. The van der Waals surface area contributed by atoms with Gasteiger partial charge in [-0.25, -0.2) is 0 Å². The van der Waals surface area contributed by atoms with E-state index in [1.54, 1.807) is 23.1 Å². The molecule has 72 valence electrons. The number of thioether (sulfide) groups is 1. The van der Waals surface area contributed by atoms with Crippen molar-refractivity contribution in [2.24, 2.45) is 0 Å². The zero-order chi connectivity index (χ0) is 10.1. The Labute approximate surface area is 91.1 Å². The molecule has 0 N–H and O–H groups in total. The first kappa shape index (κ1) is 9.74. The van der Waals surface area contributed by atoms with E-state index in [1.165, 1.54) is 15.2 Å². The second-order valence-corrected chi connectivity index (χ2v) is 5.07. The highest BCUT2D eigenvalue weighted by molar-refractivity contribution is 7.99. The molecule has 0 atom stereocenters. The summed E-state index contributed by atoms with van der Waals surface area (Å²) in [5.41, 5.74) is 0.802. The van der Waals surface area contributed by atoms with Crippen LogP contribution in [0.25, 0.3) is 10.1 Å². The molecule has 0 saturated carbocycles. The number of fused-ring (bicyclic) bond motifs is 1. The van der Waals surface area contributed by atoms with Gasteiger partial charge in [-0.3, -0.25) is 4.79 Å². The quantitative estimate of drug-likeness (QED) is 0.568. The largest absolute Gasteiger partial charge is 0.298 e. The Morgan fingerprint density at radius 3 is 2.86 bits per heavy atom. The Balaban J connectivity index is 2.85. The molecule has 0 aliphatic carbocycles. The Kier molecular flexibility index (Phi) is 2.61. The highest BCUT2D eigenvalue weighted by Crippen LogP contribution is 2.37. The molecule has 2 aromatic rings. The lowest BCUT2D eigenvalue weighted by Crippen LogP contribution is -1.78. The second-order valence-electron chi connectivity index (χ2n) is 3.03. The number of rotatable bonds is 2. The normalized spacial score (nSPS) is 10.7. The summed E-state index contributed by atoms with van der Waals surface area (Å²) in [4.78, 5) is 13.4. The predicted molar refractivity (Wildman–Crippen MR) is 63.7 cm³/mol. The average molecular weight is 222 g/mol. The van der Waals surface area contributed by atoms with Gasteiger partial charge >= 0.3 is 0 Å². The van der Waals surface area contributed by atoms with E-state index in [1.807, 2.05) is 12.1 Å². The van der Waals surface area contributed by atoms with Crippen molar-refractivity contribution >= 4 is 39.5 Å². The summed E-state index contributed by atoms with van der Waals surface area (Å²) in [5, 5.41) is 1.21. The number of carbonyl (C=O) groups excluding carboxylic acids is 1. The van der Waals surface area contributed by atoms with Gasteiger partial charge in [0.05, 0.1) is 0 Å². The lowest BCUT2D eigenvalue weighted by molar-refractivity contribution is 0.112. The highest BCUT2D eigenvalue weighted by Gasteiger charge is 2.10. The molecule has 1 aromatic heterocycles. The third kappa shape index (κ3) is 1.37. The Hall–Kier alpha value is -0.800. The van der Waals surface area contributed by atoms with Crippen LogP contribution in [-0.4, -0.2) is 12.5 Å². The van der Waals surface area contributed by atoms with E-state index in [9.17, 15) is 4.79 Å². The third-order valence-corrected chi connectivity index (χ3v) is 4.43. The Bertz CT molecular complexity index is 485. The first-order valence-corrected chi connectivity index (χ1v) is 6.33. The zero-order valence-corrected chi connectivity index (χ0v) is 9.67. The minimum atomic E-state index is 0.802. The molecule has 0 aliphatic heterocycles. The van der Waals surface area contributed by atoms with Gasteiger partial charge in [-0.2, -0.15) is 0 Å². The molecule has 0 amide bonds. The maximum atomic E-state index is 10.8. The third-order valence-electron chi connectivity index (χ3n) is 2.20. The molecule has 0 fully saturated rings. The molecule has 2 rings (SSSR count). The maximum absolute atomic E-state index is 10.8. The van der Waals surface area contributed by atoms with E-state index < -0.39 is 0 Å². The number of carbonyl (C=O) groups is 1. The van der Waals surface area contributed by atoms with Crippen molar-refractivity contribution in [2.45, 2.75) is 11.8 Å². The van der Waals surface area contributed by atoms with Crippen LogP contribution in [0.15, 0.2) is 23.1 Å². The van der Waals surface area contributed by atoms with Crippen molar-refractivity contribution in [3.05, 3.63) is 28.6 Å². The second kappa shape index (κ2) is 3.75. The fourth-order valence-corrected chi connectivity index (χ4v) is 3.72. The molecule has 0 spiro atoms. The van der Waals surface area contributed by atoms with Crippen LogP contribution in [0.4, 0.5) is 0 Å². The molecule has 0 bridgehead atoms. The van der Waals surface area contributed by atoms with Crippen molar-refractivity contribution in [3.8, 4) is 0 Å². The average Bonchev–Trinajstić information content (AvgIpc) is 2.52. The van der Waals surface area contributed by atoms with Crippen LogP contribution in [0.2, 0.25) is 0 Å². The van der Waals surface area contributed by atoms with E-state index in [0.29, 0.717) is 0 Å². The molecular weight excluding hydrogens is 212 g/mol. The van der Waals surface area contributed by atoms with Gasteiger partial charge in [-0.15, -0.1) is 23.1 Å². The van der Waals surface area contributed by atoms with E-state index in [-0.39, 0.29) is 0 Å². The molecule has 1 heterocycles. The number of aryl methyl sites for hydroxylation is 1.